The minimum atomic E-state index is -0.646. The molecule has 0 fully saturated rings. The lowest BCUT2D eigenvalue weighted by molar-refractivity contribution is -0.0245. The van der Waals surface area contributed by atoms with E-state index in [1.165, 1.54) is 5.56 Å². The zero-order chi connectivity index (χ0) is 13.3. The molecular formula is C15H20O3. The highest BCUT2D eigenvalue weighted by Gasteiger charge is 2.24. The van der Waals surface area contributed by atoms with E-state index >= 15 is 0 Å². The van der Waals surface area contributed by atoms with E-state index in [2.05, 4.69) is 6.07 Å². The average molecular weight is 248 g/mol. The summed E-state index contributed by atoms with van der Waals surface area (Å²) < 4.78 is 11.0. The first-order valence-electron chi connectivity index (χ1n) is 6.14. The van der Waals surface area contributed by atoms with E-state index in [1.54, 1.807) is 7.11 Å². The number of furan rings is 1. The van der Waals surface area contributed by atoms with Gasteiger partial charge in [-0.05, 0) is 39.0 Å². The Hall–Kier alpha value is -1.32. The van der Waals surface area contributed by atoms with Crippen LogP contribution < -0.4 is 0 Å². The van der Waals surface area contributed by atoms with Gasteiger partial charge in [-0.1, -0.05) is 11.6 Å². The van der Waals surface area contributed by atoms with Gasteiger partial charge in [0.2, 0.25) is 0 Å². The van der Waals surface area contributed by atoms with Gasteiger partial charge in [-0.25, -0.2) is 0 Å². The number of aliphatic hydroxyl groups is 1. The molecule has 2 rings (SSSR count). The van der Waals surface area contributed by atoms with Crippen LogP contribution in [0.5, 0.6) is 0 Å². The monoisotopic (exact) mass is 248 g/mol. The Labute approximate surface area is 107 Å². The predicted octanol–water partition coefficient (Wildman–Crippen LogP) is 3.59. The van der Waals surface area contributed by atoms with Crippen LogP contribution in [0.25, 0.3) is 11.0 Å². The highest BCUT2D eigenvalue weighted by molar-refractivity contribution is 5.78. The van der Waals surface area contributed by atoms with E-state index in [4.69, 9.17) is 9.15 Å². The fraction of sp³-hybridized carbons (Fsp3) is 0.467. The van der Waals surface area contributed by atoms with Gasteiger partial charge in [-0.15, -0.1) is 0 Å². The van der Waals surface area contributed by atoms with Crippen molar-refractivity contribution in [1.29, 1.82) is 0 Å². The minimum absolute atomic E-state index is 0.367. The summed E-state index contributed by atoms with van der Waals surface area (Å²) in [4.78, 5) is 0. The SMILES string of the molecule is COC(C)(C)CC(O)c1cc2cc(C)ccc2o1. The molecule has 0 radical (unpaired) electrons. The number of ether oxygens (including phenoxy) is 1. The Kier molecular flexibility index (Phi) is 3.46. The molecule has 1 aromatic carbocycles. The Bertz CT molecular complexity index is 540. The number of rotatable bonds is 4. The normalized spacial score (nSPS) is 14.1. The second kappa shape index (κ2) is 4.75. The van der Waals surface area contributed by atoms with Gasteiger partial charge in [-0.3, -0.25) is 0 Å². The molecule has 3 heteroatoms. The van der Waals surface area contributed by atoms with E-state index < -0.39 is 6.10 Å². The highest BCUT2D eigenvalue weighted by atomic mass is 16.5. The molecule has 2 aromatic rings. The van der Waals surface area contributed by atoms with Gasteiger partial charge in [0.05, 0.1) is 5.60 Å². The van der Waals surface area contributed by atoms with Crippen LogP contribution in [0.4, 0.5) is 0 Å². The predicted molar refractivity (Wildman–Crippen MR) is 71.6 cm³/mol. The van der Waals surface area contributed by atoms with Crippen molar-refractivity contribution in [2.24, 2.45) is 0 Å². The number of methoxy groups -OCH3 is 1. The summed E-state index contributed by atoms with van der Waals surface area (Å²) in [5.74, 6) is 0.598. The van der Waals surface area contributed by atoms with Gasteiger partial charge < -0.3 is 14.3 Å². The molecule has 0 aliphatic heterocycles. The van der Waals surface area contributed by atoms with Crippen molar-refractivity contribution in [1.82, 2.24) is 0 Å². The molecule has 0 aliphatic carbocycles. The largest absolute Gasteiger partial charge is 0.458 e. The van der Waals surface area contributed by atoms with Crippen LogP contribution in [-0.4, -0.2) is 17.8 Å². The van der Waals surface area contributed by atoms with Crippen LogP contribution in [-0.2, 0) is 4.74 Å². The highest BCUT2D eigenvalue weighted by Crippen LogP contribution is 2.30. The van der Waals surface area contributed by atoms with Crippen molar-refractivity contribution >= 4 is 11.0 Å². The third-order valence-corrected chi connectivity index (χ3v) is 3.26. The maximum absolute atomic E-state index is 10.2. The number of hydrogen-bond acceptors (Lipinski definition) is 3. The number of aliphatic hydroxyl groups excluding tert-OH is 1. The quantitative estimate of drug-likeness (QED) is 0.899. The molecule has 0 spiro atoms. The molecule has 1 N–H and O–H groups in total. The molecule has 0 saturated heterocycles. The molecule has 1 aromatic heterocycles. The maximum Gasteiger partial charge on any atom is 0.134 e. The molecule has 0 aliphatic rings. The second-order valence-electron chi connectivity index (χ2n) is 5.37. The van der Waals surface area contributed by atoms with Crippen molar-refractivity contribution in [2.75, 3.05) is 7.11 Å². The molecule has 0 saturated carbocycles. The Morgan fingerprint density at radius 3 is 2.72 bits per heavy atom. The first-order chi connectivity index (χ1) is 8.41. The lowest BCUT2D eigenvalue weighted by Gasteiger charge is -2.24. The van der Waals surface area contributed by atoms with Gasteiger partial charge in [0.1, 0.15) is 17.4 Å². The van der Waals surface area contributed by atoms with Gasteiger partial charge in [-0.2, -0.15) is 0 Å². The molecule has 1 atom stereocenters. The van der Waals surface area contributed by atoms with E-state index in [-0.39, 0.29) is 5.60 Å². The minimum Gasteiger partial charge on any atom is -0.458 e. The van der Waals surface area contributed by atoms with Crippen LogP contribution in [0.15, 0.2) is 28.7 Å². The number of aryl methyl sites for hydroxylation is 1. The molecule has 1 unspecified atom stereocenters. The number of benzene rings is 1. The third-order valence-electron chi connectivity index (χ3n) is 3.26. The first-order valence-corrected chi connectivity index (χ1v) is 6.14. The van der Waals surface area contributed by atoms with E-state index in [1.807, 2.05) is 39.0 Å². The number of fused-ring (bicyclic) bond motifs is 1. The van der Waals surface area contributed by atoms with Gasteiger partial charge in [0.15, 0.2) is 0 Å². The summed E-state index contributed by atoms with van der Waals surface area (Å²) in [6.45, 7) is 5.93. The van der Waals surface area contributed by atoms with Crippen molar-refractivity contribution in [3.63, 3.8) is 0 Å². The molecule has 0 bridgehead atoms. The Morgan fingerprint density at radius 2 is 2.06 bits per heavy atom. The maximum atomic E-state index is 10.2. The average Bonchev–Trinajstić information content (AvgIpc) is 2.71. The van der Waals surface area contributed by atoms with Gasteiger partial charge in [0, 0.05) is 18.9 Å². The summed E-state index contributed by atoms with van der Waals surface area (Å²) in [7, 11) is 1.65. The van der Waals surface area contributed by atoms with Crippen molar-refractivity contribution in [2.45, 2.75) is 38.9 Å². The van der Waals surface area contributed by atoms with E-state index in [0.29, 0.717) is 12.2 Å². The summed E-state index contributed by atoms with van der Waals surface area (Å²) in [6, 6.07) is 7.89. The molecule has 98 valence electrons. The first kappa shape index (κ1) is 13.1. The lowest BCUT2D eigenvalue weighted by Crippen LogP contribution is -2.25. The fourth-order valence-electron chi connectivity index (χ4n) is 2.00. The standard InChI is InChI=1S/C15H20O3/c1-10-5-6-13-11(7-10)8-14(18-13)12(16)9-15(2,3)17-4/h5-8,12,16H,9H2,1-4H3. The van der Waals surface area contributed by atoms with Crippen LogP contribution in [0, 0.1) is 6.92 Å². The van der Waals surface area contributed by atoms with Gasteiger partial charge in [0.25, 0.3) is 0 Å². The Balaban J connectivity index is 2.25. The molecule has 1 heterocycles. The summed E-state index contributed by atoms with van der Waals surface area (Å²) in [5.41, 5.74) is 1.63. The lowest BCUT2D eigenvalue weighted by atomic mass is 9.99. The van der Waals surface area contributed by atoms with Crippen LogP contribution in [0.3, 0.4) is 0 Å². The van der Waals surface area contributed by atoms with Crippen LogP contribution in [0.1, 0.15) is 37.7 Å². The molecule has 3 nitrogen and oxygen atoms in total. The van der Waals surface area contributed by atoms with E-state index in [0.717, 1.165) is 11.0 Å². The number of hydrogen-bond donors (Lipinski definition) is 1. The second-order valence-corrected chi connectivity index (χ2v) is 5.37. The fourth-order valence-corrected chi connectivity index (χ4v) is 2.00. The van der Waals surface area contributed by atoms with Crippen molar-refractivity contribution in [3.05, 3.63) is 35.6 Å². The van der Waals surface area contributed by atoms with Crippen molar-refractivity contribution < 1.29 is 14.3 Å². The molecule has 18 heavy (non-hydrogen) atoms. The van der Waals surface area contributed by atoms with Gasteiger partial charge >= 0.3 is 0 Å². The van der Waals surface area contributed by atoms with Crippen molar-refractivity contribution in [3.8, 4) is 0 Å². The smallest absolute Gasteiger partial charge is 0.134 e. The Morgan fingerprint density at radius 1 is 1.33 bits per heavy atom. The van der Waals surface area contributed by atoms with E-state index in [9.17, 15) is 5.11 Å². The molecule has 0 amide bonds. The molecular weight excluding hydrogens is 228 g/mol. The van der Waals surface area contributed by atoms with Crippen LogP contribution >= 0.6 is 0 Å². The zero-order valence-corrected chi connectivity index (χ0v) is 11.4. The van der Waals surface area contributed by atoms with Crippen LogP contribution in [0.2, 0.25) is 0 Å². The summed E-state index contributed by atoms with van der Waals surface area (Å²) in [5, 5.41) is 11.2. The summed E-state index contributed by atoms with van der Waals surface area (Å²) in [6.07, 6.45) is -0.143. The zero-order valence-electron chi connectivity index (χ0n) is 11.4. The summed E-state index contributed by atoms with van der Waals surface area (Å²) >= 11 is 0. The third kappa shape index (κ3) is 2.74. The topological polar surface area (TPSA) is 42.6 Å².